The largest absolute Gasteiger partial charge is 0.402 e. The van der Waals surface area contributed by atoms with E-state index in [9.17, 15) is 0 Å². The average molecular weight is 154 g/mol. The van der Waals surface area contributed by atoms with E-state index in [1.165, 1.54) is 0 Å². The lowest BCUT2D eigenvalue weighted by Gasteiger charge is -2.07. The Kier molecular flexibility index (Phi) is 3.86. The summed E-state index contributed by atoms with van der Waals surface area (Å²) in [5.41, 5.74) is 7.08. The zero-order valence-electron chi connectivity index (χ0n) is 7.81. The molecule has 0 spiro atoms. The first-order chi connectivity index (χ1) is 4.95. The zero-order valence-corrected chi connectivity index (χ0v) is 7.81. The summed E-state index contributed by atoms with van der Waals surface area (Å²) in [6.45, 7) is 8.04. The summed E-state index contributed by atoms with van der Waals surface area (Å²) in [6.07, 6.45) is 1.76. The third kappa shape index (κ3) is 3.81. The lowest BCUT2D eigenvalue weighted by Crippen LogP contribution is -2.10. The SMILES string of the molecule is CC(C)C(=N)C=C(N)C(C)C. The van der Waals surface area contributed by atoms with E-state index in [1.54, 1.807) is 6.08 Å². The molecule has 11 heavy (non-hydrogen) atoms. The van der Waals surface area contributed by atoms with Gasteiger partial charge < -0.3 is 11.1 Å². The van der Waals surface area contributed by atoms with Crippen LogP contribution in [0.3, 0.4) is 0 Å². The first-order valence-corrected chi connectivity index (χ1v) is 4.00. The summed E-state index contributed by atoms with van der Waals surface area (Å²) in [5.74, 6) is 0.612. The van der Waals surface area contributed by atoms with Gasteiger partial charge in [-0.15, -0.1) is 0 Å². The van der Waals surface area contributed by atoms with Gasteiger partial charge in [-0.05, 0) is 17.9 Å². The van der Waals surface area contributed by atoms with Crippen molar-refractivity contribution in [1.82, 2.24) is 0 Å². The van der Waals surface area contributed by atoms with E-state index in [2.05, 4.69) is 0 Å². The second-order valence-electron chi connectivity index (χ2n) is 3.41. The molecule has 0 aliphatic heterocycles. The van der Waals surface area contributed by atoms with Crippen molar-refractivity contribution in [3.05, 3.63) is 11.8 Å². The van der Waals surface area contributed by atoms with Crippen LogP contribution in [0.1, 0.15) is 27.7 Å². The van der Waals surface area contributed by atoms with Crippen LogP contribution < -0.4 is 5.73 Å². The molecule has 0 saturated carbocycles. The molecule has 0 atom stereocenters. The maximum Gasteiger partial charge on any atom is 0.0356 e. The molecule has 0 unspecified atom stereocenters. The van der Waals surface area contributed by atoms with Crippen molar-refractivity contribution in [3.63, 3.8) is 0 Å². The first-order valence-electron chi connectivity index (χ1n) is 4.00. The highest BCUT2D eigenvalue weighted by Crippen LogP contribution is 2.05. The fourth-order valence-electron chi connectivity index (χ4n) is 0.513. The van der Waals surface area contributed by atoms with E-state index in [-0.39, 0.29) is 5.92 Å². The fraction of sp³-hybridized carbons (Fsp3) is 0.667. The van der Waals surface area contributed by atoms with Gasteiger partial charge in [0, 0.05) is 11.4 Å². The van der Waals surface area contributed by atoms with Crippen LogP contribution >= 0.6 is 0 Å². The van der Waals surface area contributed by atoms with E-state index < -0.39 is 0 Å². The molecule has 0 amide bonds. The van der Waals surface area contributed by atoms with Gasteiger partial charge >= 0.3 is 0 Å². The van der Waals surface area contributed by atoms with E-state index in [4.69, 9.17) is 11.1 Å². The third-order valence-corrected chi connectivity index (χ3v) is 1.61. The van der Waals surface area contributed by atoms with E-state index in [1.807, 2.05) is 27.7 Å². The minimum atomic E-state index is 0.271. The second kappa shape index (κ2) is 4.16. The average Bonchev–Trinajstić information content (AvgIpc) is 1.87. The topological polar surface area (TPSA) is 49.9 Å². The molecule has 0 aromatic rings. The molecule has 0 fully saturated rings. The molecule has 0 aromatic heterocycles. The standard InChI is InChI=1S/C9H18N2/c1-6(2)8(10)5-9(11)7(3)4/h5-7,10H,11H2,1-4H3. The highest BCUT2D eigenvalue weighted by molar-refractivity contribution is 5.94. The molecule has 0 aliphatic carbocycles. The monoisotopic (exact) mass is 154 g/mol. The molecule has 0 heterocycles. The highest BCUT2D eigenvalue weighted by Gasteiger charge is 2.02. The van der Waals surface area contributed by atoms with Crippen LogP contribution in [0.25, 0.3) is 0 Å². The Balaban J connectivity index is 4.20. The van der Waals surface area contributed by atoms with Gasteiger partial charge in [0.1, 0.15) is 0 Å². The molecule has 0 rings (SSSR count). The van der Waals surface area contributed by atoms with Crippen LogP contribution in [-0.2, 0) is 0 Å². The van der Waals surface area contributed by atoms with Gasteiger partial charge in [0.05, 0.1) is 0 Å². The lowest BCUT2D eigenvalue weighted by atomic mass is 10.0. The Morgan fingerprint density at radius 3 is 1.91 bits per heavy atom. The smallest absolute Gasteiger partial charge is 0.0356 e. The molecule has 0 aliphatic rings. The van der Waals surface area contributed by atoms with Gasteiger partial charge in [0.2, 0.25) is 0 Å². The third-order valence-electron chi connectivity index (χ3n) is 1.61. The van der Waals surface area contributed by atoms with Crippen molar-refractivity contribution >= 4 is 5.71 Å². The Morgan fingerprint density at radius 2 is 1.64 bits per heavy atom. The quantitative estimate of drug-likeness (QED) is 0.601. The molecule has 64 valence electrons. The number of hydrogen-bond donors (Lipinski definition) is 2. The summed E-state index contributed by atoms with van der Waals surface area (Å²) in [4.78, 5) is 0. The molecule has 3 N–H and O–H groups in total. The van der Waals surface area contributed by atoms with Crippen LogP contribution in [0.15, 0.2) is 11.8 Å². The zero-order chi connectivity index (χ0) is 9.02. The van der Waals surface area contributed by atoms with Crippen LogP contribution in [0.5, 0.6) is 0 Å². The number of nitrogens with two attached hydrogens (primary N) is 1. The number of hydrogen-bond acceptors (Lipinski definition) is 2. The van der Waals surface area contributed by atoms with Crippen molar-refractivity contribution in [1.29, 1.82) is 5.41 Å². The highest BCUT2D eigenvalue weighted by atomic mass is 14.6. The van der Waals surface area contributed by atoms with Crippen molar-refractivity contribution in [2.24, 2.45) is 17.6 Å². The van der Waals surface area contributed by atoms with E-state index in [0.29, 0.717) is 11.6 Å². The Labute approximate surface area is 69.0 Å². The Morgan fingerprint density at radius 1 is 1.18 bits per heavy atom. The second-order valence-corrected chi connectivity index (χ2v) is 3.41. The van der Waals surface area contributed by atoms with Gasteiger partial charge in [-0.1, -0.05) is 27.7 Å². The predicted octanol–water partition coefficient (Wildman–Crippen LogP) is 2.16. The maximum atomic E-state index is 7.51. The number of nitrogens with one attached hydrogen (secondary N) is 1. The molecule has 2 heteroatoms. The molecule has 2 nitrogen and oxygen atoms in total. The minimum Gasteiger partial charge on any atom is -0.402 e. The van der Waals surface area contributed by atoms with Crippen molar-refractivity contribution < 1.29 is 0 Å². The van der Waals surface area contributed by atoms with Crippen molar-refractivity contribution in [2.75, 3.05) is 0 Å². The molecular weight excluding hydrogens is 136 g/mol. The lowest BCUT2D eigenvalue weighted by molar-refractivity contribution is 0.755. The first kappa shape index (κ1) is 10.2. The van der Waals surface area contributed by atoms with Gasteiger partial charge in [-0.2, -0.15) is 0 Å². The summed E-state index contributed by atoms with van der Waals surface area (Å²) in [7, 11) is 0. The molecule has 0 saturated heterocycles. The molecule has 0 aromatic carbocycles. The van der Waals surface area contributed by atoms with Crippen LogP contribution in [0.2, 0.25) is 0 Å². The number of allylic oxidation sites excluding steroid dienone is 2. The summed E-state index contributed by atoms with van der Waals surface area (Å²) in [5, 5.41) is 7.51. The fourth-order valence-corrected chi connectivity index (χ4v) is 0.513. The van der Waals surface area contributed by atoms with E-state index >= 15 is 0 Å². The molecule has 0 radical (unpaired) electrons. The number of rotatable bonds is 3. The van der Waals surface area contributed by atoms with Gasteiger partial charge in [-0.25, -0.2) is 0 Å². The van der Waals surface area contributed by atoms with Gasteiger partial charge in [0.15, 0.2) is 0 Å². The summed E-state index contributed by atoms with van der Waals surface area (Å²) in [6, 6.07) is 0. The summed E-state index contributed by atoms with van der Waals surface area (Å²) >= 11 is 0. The van der Waals surface area contributed by atoms with Crippen LogP contribution in [0, 0.1) is 17.2 Å². The predicted molar refractivity (Wildman–Crippen MR) is 49.7 cm³/mol. The Hall–Kier alpha value is -0.790. The Bertz CT molecular complexity index is 166. The summed E-state index contributed by atoms with van der Waals surface area (Å²) < 4.78 is 0. The normalized spacial score (nSPS) is 12.7. The van der Waals surface area contributed by atoms with Crippen molar-refractivity contribution in [2.45, 2.75) is 27.7 Å². The maximum absolute atomic E-state index is 7.51. The van der Waals surface area contributed by atoms with Gasteiger partial charge in [0.25, 0.3) is 0 Å². The van der Waals surface area contributed by atoms with E-state index in [0.717, 1.165) is 5.70 Å². The molecule has 0 bridgehead atoms. The van der Waals surface area contributed by atoms with Gasteiger partial charge in [-0.3, -0.25) is 0 Å². The van der Waals surface area contributed by atoms with Crippen LogP contribution in [0.4, 0.5) is 0 Å². The van der Waals surface area contributed by atoms with Crippen molar-refractivity contribution in [3.8, 4) is 0 Å². The molecular formula is C9H18N2. The minimum absolute atomic E-state index is 0.271. The van der Waals surface area contributed by atoms with Crippen LogP contribution in [-0.4, -0.2) is 5.71 Å².